The zero-order chi connectivity index (χ0) is 11.4. The lowest BCUT2D eigenvalue weighted by Crippen LogP contribution is -2.23. The molecule has 0 aliphatic heterocycles. The molecule has 4 nitrogen and oxygen atoms in total. The highest BCUT2D eigenvalue weighted by Crippen LogP contribution is 2.29. The van der Waals surface area contributed by atoms with E-state index >= 15 is 0 Å². The summed E-state index contributed by atoms with van der Waals surface area (Å²) in [5.74, 6) is 0.826. The van der Waals surface area contributed by atoms with Crippen molar-refractivity contribution >= 4 is 22.9 Å². The lowest BCUT2D eigenvalue weighted by Gasteiger charge is -2.13. The van der Waals surface area contributed by atoms with Gasteiger partial charge >= 0.3 is 0 Å². The van der Waals surface area contributed by atoms with Crippen LogP contribution < -0.4 is 5.32 Å². The van der Waals surface area contributed by atoms with Gasteiger partial charge in [0.15, 0.2) is 0 Å². The Hall–Kier alpha value is -0.910. The van der Waals surface area contributed by atoms with Gasteiger partial charge in [-0.25, -0.2) is 4.98 Å². The van der Waals surface area contributed by atoms with Crippen molar-refractivity contribution in [1.29, 1.82) is 0 Å². The largest absolute Gasteiger partial charge is 0.303 e. The average Bonchev–Trinajstić information content (AvgIpc) is 2.91. The van der Waals surface area contributed by atoms with Crippen molar-refractivity contribution in [2.75, 3.05) is 6.54 Å². The first-order valence-corrected chi connectivity index (χ1v) is 6.34. The Balaban J connectivity index is 2.21. The molecule has 2 aromatic heterocycles. The highest BCUT2D eigenvalue weighted by molar-refractivity contribution is 7.16. The van der Waals surface area contributed by atoms with Gasteiger partial charge in [-0.15, -0.1) is 11.3 Å². The first-order chi connectivity index (χ1) is 7.81. The van der Waals surface area contributed by atoms with Crippen molar-refractivity contribution in [3.63, 3.8) is 0 Å². The van der Waals surface area contributed by atoms with E-state index in [-0.39, 0.29) is 6.04 Å². The quantitative estimate of drug-likeness (QED) is 0.865. The number of rotatable bonds is 5. The van der Waals surface area contributed by atoms with E-state index in [0.717, 1.165) is 28.0 Å². The van der Waals surface area contributed by atoms with Crippen molar-refractivity contribution in [2.45, 2.75) is 19.4 Å². The molecule has 0 aliphatic carbocycles. The van der Waals surface area contributed by atoms with Gasteiger partial charge in [-0.1, -0.05) is 18.5 Å². The predicted octanol–water partition coefficient (Wildman–Crippen LogP) is 2.61. The van der Waals surface area contributed by atoms with Crippen LogP contribution in [0.3, 0.4) is 0 Å². The number of thiophene rings is 1. The van der Waals surface area contributed by atoms with E-state index in [1.165, 1.54) is 6.33 Å². The molecule has 6 heteroatoms. The predicted molar refractivity (Wildman–Crippen MR) is 65.8 cm³/mol. The molecule has 2 aromatic rings. The molecule has 0 aromatic carbocycles. The summed E-state index contributed by atoms with van der Waals surface area (Å²) in [5, 5.41) is 10.2. The van der Waals surface area contributed by atoms with Gasteiger partial charge in [0, 0.05) is 4.88 Å². The maximum absolute atomic E-state index is 5.94. The van der Waals surface area contributed by atoms with E-state index in [1.807, 2.05) is 12.1 Å². The fourth-order valence-corrected chi connectivity index (χ4v) is 2.60. The summed E-state index contributed by atoms with van der Waals surface area (Å²) >= 11 is 7.50. The zero-order valence-electron chi connectivity index (χ0n) is 8.90. The number of hydrogen-bond acceptors (Lipinski definition) is 4. The number of halogens is 1. The van der Waals surface area contributed by atoms with Crippen LogP contribution >= 0.6 is 22.9 Å². The molecule has 0 amide bonds. The standard InChI is InChI=1S/C10H13ClN4S/c1-2-5-12-9(10-13-6-14-15-10)7-3-4-8(11)16-7/h3-4,6,9,12H,2,5H2,1H3,(H,13,14,15). The zero-order valence-corrected chi connectivity index (χ0v) is 10.5. The van der Waals surface area contributed by atoms with Crippen LogP contribution in [0.25, 0.3) is 0 Å². The van der Waals surface area contributed by atoms with Crippen LogP contribution in [0.2, 0.25) is 4.34 Å². The smallest absolute Gasteiger partial charge is 0.146 e. The molecule has 0 radical (unpaired) electrons. The lowest BCUT2D eigenvalue weighted by molar-refractivity contribution is 0.581. The topological polar surface area (TPSA) is 53.6 Å². The monoisotopic (exact) mass is 256 g/mol. The first kappa shape index (κ1) is 11.6. The van der Waals surface area contributed by atoms with E-state index in [2.05, 4.69) is 27.4 Å². The number of nitrogens with zero attached hydrogens (tertiary/aromatic N) is 2. The molecule has 0 saturated heterocycles. The molecule has 0 spiro atoms. The van der Waals surface area contributed by atoms with E-state index in [1.54, 1.807) is 11.3 Å². The Labute approximate surface area is 103 Å². The number of hydrogen-bond donors (Lipinski definition) is 2. The molecular formula is C10H13ClN4S. The van der Waals surface area contributed by atoms with Gasteiger partial charge in [-0.3, -0.25) is 5.10 Å². The summed E-state index contributed by atoms with van der Waals surface area (Å²) in [6.07, 6.45) is 2.59. The van der Waals surface area contributed by atoms with Crippen molar-refractivity contribution in [2.24, 2.45) is 0 Å². The van der Waals surface area contributed by atoms with Crippen molar-refractivity contribution < 1.29 is 0 Å². The molecule has 1 unspecified atom stereocenters. The van der Waals surface area contributed by atoms with Gasteiger partial charge in [-0.2, -0.15) is 5.10 Å². The van der Waals surface area contributed by atoms with Crippen molar-refractivity contribution in [3.05, 3.63) is 33.5 Å². The number of aromatic amines is 1. The Morgan fingerprint density at radius 3 is 3.00 bits per heavy atom. The molecule has 0 aliphatic rings. The van der Waals surface area contributed by atoms with Crippen molar-refractivity contribution in [3.8, 4) is 0 Å². The van der Waals surface area contributed by atoms with Crippen LogP contribution in [-0.2, 0) is 0 Å². The molecule has 0 saturated carbocycles. The van der Waals surface area contributed by atoms with Gasteiger partial charge in [0.05, 0.1) is 4.34 Å². The molecule has 2 heterocycles. The molecule has 2 rings (SSSR count). The number of aromatic nitrogens is 3. The average molecular weight is 257 g/mol. The van der Waals surface area contributed by atoms with Gasteiger partial charge < -0.3 is 5.32 Å². The highest BCUT2D eigenvalue weighted by atomic mass is 35.5. The normalized spacial score (nSPS) is 12.9. The second-order valence-corrected chi connectivity index (χ2v) is 5.15. The Morgan fingerprint density at radius 1 is 1.56 bits per heavy atom. The lowest BCUT2D eigenvalue weighted by atomic mass is 10.2. The minimum Gasteiger partial charge on any atom is -0.303 e. The van der Waals surface area contributed by atoms with E-state index in [9.17, 15) is 0 Å². The SMILES string of the molecule is CCCNC(c1ncn[nH]1)c1ccc(Cl)s1. The minimum atomic E-state index is 0.0555. The summed E-state index contributed by atoms with van der Waals surface area (Å²) in [4.78, 5) is 5.34. The van der Waals surface area contributed by atoms with Gasteiger partial charge in [0.25, 0.3) is 0 Å². The summed E-state index contributed by atoms with van der Waals surface area (Å²) in [6.45, 7) is 3.06. The molecule has 1 atom stereocenters. The maximum atomic E-state index is 5.94. The van der Waals surface area contributed by atoms with Gasteiger partial charge in [0.2, 0.25) is 0 Å². The summed E-state index contributed by atoms with van der Waals surface area (Å²) in [6, 6.07) is 3.97. The third-order valence-electron chi connectivity index (χ3n) is 2.18. The molecular weight excluding hydrogens is 244 g/mol. The van der Waals surface area contributed by atoms with Gasteiger partial charge in [0.1, 0.15) is 18.2 Å². The minimum absolute atomic E-state index is 0.0555. The molecule has 0 bridgehead atoms. The summed E-state index contributed by atoms with van der Waals surface area (Å²) < 4.78 is 0.790. The summed E-state index contributed by atoms with van der Waals surface area (Å²) in [5.41, 5.74) is 0. The molecule has 86 valence electrons. The Bertz CT molecular complexity index is 426. The van der Waals surface area contributed by atoms with Crippen LogP contribution in [0.4, 0.5) is 0 Å². The van der Waals surface area contributed by atoms with Crippen LogP contribution in [0, 0.1) is 0 Å². The number of H-pyrrole nitrogens is 1. The third-order valence-corrected chi connectivity index (χ3v) is 3.48. The van der Waals surface area contributed by atoms with Crippen LogP contribution in [0.1, 0.15) is 30.1 Å². The summed E-state index contributed by atoms with van der Waals surface area (Å²) in [7, 11) is 0. The molecule has 0 fully saturated rings. The molecule has 2 N–H and O–H groups in total. The van der Waals surface area contributed by atoms with Crippen molar-refractivity contribution in [1.82, 2.24) is 20.5 Å². The van der Waals surface area contributed by atoms with Gasteiger partial charge in [-0.05, 0) is 25.1 Å². The fourth-order valence-electron chi connectivity index (χ4n) is 1.46. The third kappa shape index (κ3) is 2.61. The van der Waals surface area contributed by atoms with Crippen LogP contribution in [-0.4, -0.2) is 21.7 Å². The second kappa shape index (κ2) is 5.43. The maximum Gasteiger partial charge on any atom is 0.146 e. The fraction of sp³-hybridized carbons (Fsp3) is 0.400. The van der Waals surface area contributed by atoms with E-state index < -0.39 is 0 Å². The van der Waals surface area contributed by atoms with E-state index in [4.69, 9.17) is 11.6 Å². The Morgan fingerprint density at radius 2 is 2.44 bits per heavy atom. The van der Waals surface area contributed by atoms with E-state index in [0.29, 0.717) is 0 Å². The highest BCUT2D eigenvalue weighted by Gasteiger charge is 2.17. The molecule has 16 heavy (non-hydrogen) atoms. The second-order valence-electron chi connectivity index (χ2n) is 3.40. The van der Waals surface area contributed by atoms with Crippen LogP contribution in [0.15, 0.2) is 18.5 Å². The number of nitrogens with one attached hydrogen (secondary N) is 2. The van der Waals surface area contributed by atoms with Crippen LogP contribution in [0.5, 0.6) is 0 Å². The Kier molecular flexibility index (Phi) is 3.93. The first-order valence-electron chi connectivity index (χ1n) is 5.15.